The number of nitrogens with two attached hydrogens (primary N) is 1. The number of primary amides is 1. The number of amides is 1. The predicted octanol–water partition coefficient (Wildman–Crippen LogP) is 3.54. The van der Waals surface area contributed by atoms with Gasteiger partial charge in [0.1, 0.15) is 11.6 Å². The number of nitrogens with zero attached hydrogens (tertiary/aromatic N) is 1. The Balaban J connectivity index is 1.70. The van der Waals surface area contributed by atoms with Crippen molar-refractivity contribution >= 4 is 11.7 Å². The monoisotopic (exact) mass is 333 g/mol. The van der Waals surface area contributed by atoms with Gasteiger partial charge in [0.25, 0.3) is 0 Å². The number of carbonyl (C=O) groups is 1. The minimum absolute atomic E-state index is 0.143. The van der Waals surface area contributed by atoms with Gasteiger partial charge in [-0.05, 0) is 41.5 Å². The number of fused-ring (bicyclic) bond motifs is 1. The van der Waals surface area contributed by atoms with E-state index >= 15 is 0 Å². The van der Waals surface area contributed by atoms with Crippen molar-refractivity contribution in [3.63, 3.8) is 0 Å². The van der Waals surface area contributed by atoms with Crippen LogP contribution in [-0.4, -0.2) is 17.4 Å². The second kappa shape index (κ2) is 6.02. The zero-order chi connectivity index (χ0) is 17.4. The number of hydrogen-bond donors (Lipinski definition) is 2. The number of rotatable bonds is 3. The molecule has 1 aromatic heterocycles. The lowest BCUT2D eigenvalue weighted by atomic mass is 9.92. The van der Waals surface area contributed by atoms with Crippen LogP contribution < -0.4 is 11.1 Å². The highest BCUT2D eigenvalue weighted by molar-refractivity contribution is 5.92. The Labute approximate surface area is 144 Å². The number of halogens is 1. The first kappa shape index (κ1) is 15.3. The molecular formula is C20H16FN3O. The highest BCUT2D eigenvalue weighted by Crippen LogP contribution is 2.37. The zero-order valence-electron chi connectivity index (χ0n) is 13.4. The number of aromatic nitrogens is 1. The number of carbonyl (C=O) groups excluding carboxylic acids is 1. The largest absolute Gasteiger partial charge is 0.369 e. The summed E-state index contributed by atoms with van der Waals surface area (Å²) in [6.45, 7) is 0.741. The first-order valence-electron chi connectivity index (χ1n) is 8.01. The van der Waals surface area contributed by atoms with E-state index in [1.807, 2.05) is 12.1 Å². The standard InChI is InChI=1S/C20H16FN3O/c21-16-7-5-12(6-8-16)15-9-17-18(11-24-20(17)23-10-15)13-1-3-14(4-2-13)19(22)25/h1-10,18H,11H2,(H2,22,25)(H,23,24). The molecule has 4 nitrogen and oxygen atoms in total. The van der Waals surface area contributed by atoms with E-state index in [1.165, 1.54) is 12.1 Å². The lowest BCUT2D eigenvalue weighted by Gasteiger charge is -2.12. The smallest absolute Gasteiger partial charge is 0.248 e. The molecule has 2 heterocycles. The fourth-order valence-electron chi connectivity index (χ4n) is 3.18. The molecule has 2 aromatic carbocycles. The molecule has 4 rings (SSSR count). The van der Waals surface area contributed by atoms with Crippen LogP contribution in [0.1, 0.15) is 27.4 Å². The molecule has 1 atom stereocenters. The Morgan fingerprint density at radius 3 is 2.48 bits per heavy atom. The number of anilines is 1. The first-order valence-corrected chi connectivity index (χ1v) is 8.01. The van der Waals surface area contributed by atoms with Gasteiger partial charge >= 0.3 is 0 Å². The Kier molecular flexibility index (Phi) is 3.69. The van der Waals surface area contributed by atoms with Gasteiger partial charge in [0.05, 0.1) is 0 Å². The Bertz CT molecular complexity index is 936. The summed E-state index contributed by atoms with van der Waals surface area (Å²) in [5.74, 6) is 0.309. The van der Waals surface area contributed by atoms with Crippen LogP contribution in [0.3, 0.4) is 0 Å². The molecule has 0 spiro atoms. The summed E-state index contributed by atoms with van der Waals surface area (Å²) in [5, 5.41) is 3.31. The average molecular weight is 333 g/mol. The Morgan fingerprint density at radius 1 is 1.08 bits per heavy atom. The normalized spacial score (nSPS) is 15.5. The molecule has 0 saturated carbocycles. The maximum Gasteiger partial charge on any atom is 0.248 e. The van der Waals surface area contributed by atoms with Crippen molar-refractivity contribution in [3.05, 3.63) is 83.3 Å². The van der Waals surface area contributed by atoms with Gasteiger partial charge in [-0.1, -0.05) is 24.3 Å². The third-order valence-electron chi connectivity index (χ3n) is 4.54. The van der Waals surface area contributed by atoms with Gasteiger partial charge in [-0.3, -0.25) is 4.79 Å². The van der Waals surface area contributed by atoms with Gasteiger partial charge in [-0.2, -0.15) is 0 Å². The second-order valence-electron chi connectivity index (χ2n) is 6.09. The van der Waals surface area contributed by atoms with E-state index < -0.39 is 5.91 Å². The van der Waals surface area contributed by atoms with Crippen LogP contribution in [-0.2, 0) is 0 Å². The molecular weight excluding hydrogens is 317 g/mol. The molecule has 0 saturated heterocycles. The molecule has 25 heavy (non-hydrogen) atoms. The molecule has 0 aliphatic carbocycles. The summed E-state index contributed by atoms with van der Waals surface area (Å²) in [4.78, 5) is 15.7. The summed E-state index contributed by atoms with van der Waals surface area (Å²) in [6, 6.07) is 15.8. The molecule has 0 radical (unpaired) electrons. The van der Waals surface area contributed by atoms with E-state index in [2.05, 4.69) is 16.4 Å². The zero-order valence-corrected chi connectivity index (χ0v) is 13.4. The van der Waals surface area contributed by atoms with Crippen LogP contribution in [0.4, 0.5) is 10.2 Å². The molecule has 0 bridgehead atoms. The second-order valence-corrected chi connectivity index (χ2v) is 6.09. The fraction of sp³-hybridized carbons (Fsp3) is 0.100. The molecule has 1 aliphatic rings. The third kappa shape index (κ3) is 2.85. The van der Waals surface area contributed by atoms with Crippen LogP contribution in [0.2, 0.25) is 0 Å². The highest BCUT2D eigenvalue weighted by Gasteiger charge is 2.25. The fourth-order valence-corrected chi connectivity index (χ4v) is 3.18. The molecule has 0 fully saturated rings. The Hall–Kier alpha value is -3.21. The van der Waals surface area contributed by atoms with Crippen molar-refractivity contribution in [1.29, 1.82) is 0 Å². The number of hydrogen-bond acceptors (Lipinski definition) is 3. The highest BCUT2D eigenvalue weighted by atomic mass is 19.1. The predicted molar refractivity (Wildman–Crippen MR) is 94.9 cm³/mol. The summed E-state index contributed by atoms with van der Waals surface area (Å²) in [6.07, 6.45) is 1.79. The molecule has 5 heteroatoms. The van der Waals surface area contributed by atoms with Crippen LogP contribution in [0.5, 0.6) is 0 Å². The quantitative estimate of drug-likeness (QED) is 0.770. The number of pyridine rings is 1. The van der Waals surface area contributed by atoms with E-state index in [0.29, 0.717) is 5.56 Å². The molecule has 1 unspecified atom stereocenters. The lowest BCUT2D eigenvalue weighted by Crippen LogP contribution is -2.11. The topological polar surface area (TPSA) is 68.0 Å². The molecule has 124 valence electrons. The lowest BCUT2D eigenvalue weighted by molar-refractivity contribution is 0.100. The first-order chi connectivity index (χ1) is 12.1. The van der Waals surface area contributed by atoms with Crippen molar-refractivity contribution in [1.82, 2.24) is 4.98 Å². The summed E-state index contributed by atoms with van der Waals surface area (Å²) < 4.78 is 13.1. The van der Waals surface area contributed by atoms with Gasteiger partial charge in [-0.25, -0.2) is 9.37 Å². The van der Waals surface area contributed by atoms with Crippen LogP contribution in [0, 0.1) is 5.82 Å². The van der Waals surface area contributed by atoms with E-state index in [0.717, 1.165) is 34.6 Å². The van der Waals surface area contributed by atoms with Crippen molar-refractivity contribution in [2.75, 3.05) is 11.9 Å². The van der Waals surface area contributed by atoms with Crippen molar-refractivity contribution in [2.24, 2.45) is 5.73 Å². The van der Waals surface area contributed by atoms with Crippen LogP contribution in [0.15, 0.2) is 60.8 Å². The van der Waals surface area contributed by atoms with Gasteiger partial charge in [0.2, 0.25) is 5.91 Å². The molecule has 1 aliphatic heterocycles. The third-order valence-corrected chi connectivity index (χ3v) is 4.54. The van der Waals surface area contributed by atoms with E-state index in [1.54, 1.807) is 30.5 Å². The summed E-state index contributed by atoms with van der Waals surface area (Å²) >= 11 is 0. The average Bonchev–Trinajstić information content (AvgIpc) is 3.05. The number of nitrogens with one attached hydrogen (secondary N) is 1. The van der Waals surface area contributed by atoms with E-state index in [4.69, 9.17) is 5.73 Å². The molecule has 3 aromatic rings. The van der Waals surface area contributed by atoms with Gasteiger partial charge in [0, 0.05) is 35.3 Å². The van der Waals surface area contributed by atoms with Crippen molar-refractivity contribution < 1.29 is 9.18 Å². The van der Waals surface area contributed by atoms with Crippen molar-refractivity contribution in [2.45, 2.75) is 5.92 Å². The SMILES string of the molecule is NC(=O)c1ccc(C2CNc3ncc(-c4ccc(F)cc4)cc32)cc1. The van der Waals surface area contributed by atoms with Crippen LogP contribution >= 0.6 is 0 Å². The maximum atomic E-state index is 13.1. The van der Waals surface area contributed by atoms with E-state index in [9.17, 15) is 9.18 Å². The van der Waals surface area contributed by atoms with Crippen LogP contribution in [0.25, 0.3) is 11.1 Å². The minimum Gasteiger partial charge on any atom is -0.369 e. The summed E-state index contributed by atoms with van der Waals surface area (Å²) in [7, 11) is 0. The van der Waals surface area contributed by atoms with Crippen molar-refractivity contribution in [3.8, 4) is 11.1 Å². The van der Waals surface area contributed by atoms with E-state index in [-0.39, 0.29) is 11.7 Å². The van der Waals surface area contributed by atoms with Gasteiger partial charge < -0.3 is 11.1 Å². The maximum absolute atomic E-state index is 13.1. The van der Waals surface area contributed by atoms with Gasteiger partial charge in [0.15, 0.2) is 0 Å². The minimum atomic E-state index is -0.434. The summed E-state index contributed by atoms with van der Waals surface area (Å²) in [5.41, 5.74) is 9.85. The Morgan fingerprint density at radius 2 is 1.80 bits per heavy atom. The number of benzene rings is 2. The van der Waals surface area contributed by atoms with Gasteiger partial charge in [-0.15, -0.1) is 0 Å². The molecule has 1 amide bonds. The molecule has 3 N–H and O–H groups in total.